The number of hydrogen-bond acceptors (Lipinski definition) is 5. The summed E-state index contributed by atoms with van der Waals surface area (Å²) in [6.07, 6.45) is -0.0866. The molecule has 2 rings (SSSR count). The van der Waals surface area contributed by atoms with Crippen molar-refractivity contribution in [1.82, 2.24) is 4.90 Å². The van der Waals surface area contributed by atoms with Crippen LogP contribution in [-0.4, -0.2) is 49.2 Å². The molecule has 1 heterocycles. The number of anilines is 1. The third kappa shape index (κ3) is 3.39. The molecule has 0 spiro atoms. The van der Waals surface area contributed by atoms with Crippen LogP contribution in [0, 0.1) is 10.1 Å². The Morgan fingerprint density at radius 2 is 1.90 bits per heavy atom. The third-order valence-corrected chi connectivity index (χ3v) is 3.37. The zero-order valence-corrected chi connectivity index (χ0v) is 12.2. The van der Waals surface area contributed by atoms with Gasteiger partial charge in [0.05, 0.1) is 11.0 Å². The van der Waals surface area contributed by atoms with E-state index in [1.54, 1.807) is 12.1 Å². The van der Waals surface area contributed by atoms with Gasteiger partial charge < -0.3 is 14.5 Å². The predicted octanol–water partition coefficient (Wildman–Crippen LogP) is 2.13. The molecule has 1 aliphatic heterocycles. The highest BCUT2D eigenvalue weighted by Gasteiger charge is 2.20. The monoisotopic (exact) mass is 279 g/mol. The average Bonchev–Trinajstić information content (AvgIpc) is 2.38. The summed E-state index contributed by atoms with van der Waals surface area (Å²) in [4.78, 5) is 15.1. The van der Waals surface area contributed by atoms with E-state index >= 15 is 0 Å². The molecule has 1 aromatic carbocycles. The second-order valence-electron chi connectivity index (χ2n) is 5.37. The number of rotatable bonds is 4. The van der Waals surface area contributed by atoms with E-state index in [-0.39, 0.29) is 11.8 Å². The van der Waals surface area contributed by atoms with Crippen LogP contribution in [0.4, 0.5) is 11.4 Å². The van der Waals surface area contributed by atoms with E-state index in [1.165, 1.54) is 6.07 Å². The van der Waals surface area contributed by atoms with Crippen LogP contribution in [0.2, 0.25) is 0 Å². The lowest BCUT2D eigenvalue weighted by Crippen LogP contribution is -2.44. The van der Waals surface area contributed by atoms with E-state index in [0.29, 0.717) is 5.75 Å². The zero-order valence-electron chi connectivity index (χ0n) is 12.2. The minimum atomic E-state index is -0.397. The Labute approximate surface area is 119 Å². The molecule has 6 nitrogen and oxygen atoms in total. The first-order chi connectivity index (χ1) is 9.47. The van der Waals surface area contributed by atoms with Gasteiger partial charge in [0, 0.05) is 44.0 Å². The molecule has 0 N–H and O–H groups in total. The number of piperazine rings is 1. The fourth-order valence-corrected chi connectivity index (χ4v) is 2.26. The molecule has 0 aliphatic carbocycles. The number of nitro benzene ring substituents is 1. The lowest BCUT2D eigenvalue weighted by Gasteiger charge is -2.34. The molecule has 1 fully saturated rings. The summed E-state index contributed by atoms with van der Waals surface area (Å²) in [6.45, 7) is 7.58. The lowest BCUT2D eigenvalue weighted by atomic mass is 10.2. The highest BCUT2D eigenvalue weighted by atomic mass is 16.6. The summed E-state index contributed by atoms with van der Waals surface area (Å²) in [5.41, 5.74) is 1.01. The van der Waals surface area contributed by atoms with Crippen LogP contribution in [-0.2, 0) is 0 Å². The minimum Gasteiger partial charge on any atom is -0.484 e. The first-order valence-corrected chi connectivity index (χ1v) is 6.86. The van der Waals surface area contributed by atoms with Crippen molar-refractivity contribution in [3.8, 4) is 5.75 Å². The predicted molar refractivity (Wildman–Crippen MR) is 78.6 cm³/mol. The van der Waals surface area contributed by atoms with Crippen molar-refractivity contribution >= 4 is 11.4 Å². The number of ether oxygens (including phenoxy) is 1. The van der Waals surface area contributed by atoms with Crippen LogP contribution >= 0.6 is 0 Å². The summed E-state index contributed by atoms with van der Waals surface area (Å²) in [5.74, 6) is 0.349. The van der Waals surface area contributed by atoms with Gasteiger partial charge in [0.25, 0.3) is 0 Å². The lowest BCUT2D eigenvalue weighted by molar-refractivity contribution is -0.386. The summed E-state index contributed by atoms with van der Waals surface area (Å²) in [5, 5.41) is 11.0. The molecule has 0 bridgehead atoms. The van der Waals surface area contributed by atoms with E-state index in [4.69, 9.17) is 4.74 Å². The zero-order chi connectivity index (χ0) is 14.7. The molecule has 1 aliphatic rings. The second kappa shape index (κ2) is 6.09. The number of benzene rings is 1. The van der Waals surface area contributed by atoms with Crippen molar-refractivity contribution in [1.29, 1.82) is 0 Å². The second-order valence-corrected chi connectivity index (χ2v) is 5.37. The maximum atomic E-state index is 11.0. The Bertz CT molecular complexity index is 483. The van der Waals surface area contributed by atoms with Gasteiger partial charge in [-0.1, -0.05) is 0 Å². The highest BCUT2D eigenvalue weighted by molar-refractivity contribution is 5.59. The van der Waals surface area contributed by atoms with Crippen LogP contribution in [0.15, 0.2) is 18.2 Å². The smallest absolute Gasteiger partial charge is 0.311 e. The van der Waals surface area contributed by atoms with Crippen molar-refractivity contribution in [3.63, 3.8) is 0 Å². The third-order valence-electron chi connectivity index (χ3n) is 3.37. The van der Waals surface area contributed by atoms with E-state index < -0.39 is 4.92 Å². The Balaban J connectivity index is 2.24. The molecule has 0 aromatic heterocycles. The van der Waals surface area contributed by atoms with Gasteiger partial charge in [0.15, 0.2) is 5.75 Å². The molecule has 0 saturated carbocycles. The summed E-state index contributed by atoms with van der Waals surface area (Å²) < 4.78 is 5.58. The first kappa shape index (κ1) is 14.6. The van der Waals surface area contributed by atoms with Gasteiger partial charge in [0.2, 0.25) is 0 Å². The Morgan fingerprint density at radius 1 is 1.25 bits per heavy atom. The molecule has 6 heteroatoms. The van der Waals surface area contributed by atoms with E-state index in [2.05, 4.69) is 16.8 Å². The number of hydrogen-bond donors (Lipinski definition) is 0. The highest BCUT2D eigenvalue weighted by Crippen LogP contribution is 2.32. The Kier molecular flexibility index (Phi) is 4.44. The number of nitrogens with zero attached hydrogens (tertiary/aromatic N) is 3. The van der Waals surface area contributed by atoms with Crippen LogP contribution < -0.4 is 9.64 Å². The number of likely N-dealkylation sites (N-methyl/N-ethyl adjacent to an activating group) is 1. The number of nitro groups is 1. The summed E-state index contributed by atoms with van der Waals surface area (Å²) in [7, 11) is 2.10. The van der Waals surface area contributed by atoms with Crippen molar-refractivity contribution in [2.24, 2.45) is 0 Å². The van der Waals surface area contributed by atoms with E-state index in [1.807, 2.05) is 13.8 Å². The van der Waals surface area contributed by atoms with Gasteiger partial charge >= 0.3 is 5.69 Å². The molecule has 0 unspecified atom stereocenters. The molecule has 0 amide bonds. The van der Waals surface area contributed by atoms with Crippen LogP contribution in [0.3, 0.4) is 0 Å². The molecule has 20 heavy (non-hydrogen) atoms. The minimum absolute atomic E-state index is 0.0246. The SMILES string of the molecule is CC(C)Oc1cc(N2CCN(C)CC2)ccc1[N+](=O)[O-]. The molecule has 1 saturated heterocycles. The van der Waals surface area contributed by atoms with Gasteiger partial charge in [-0.3, -0.25) is 10.1 Å². The molecular formula is C14H21N3O3. The van der Waals surface area contributed by atoms with Gasteiger partial charge in [0.1, 0.15) is 0 Å². The quantitative estimate of drug-likeness (QED) is 0.624. The van der Waals surface area contributed by atoms with Gasteiger partial charge in [-0.15, -0.1) is 0 Å². The van der Waals surface area contributed by atoms with Gasteiger partial charge in [-0.05, 0) is 27.0 Å². The molecule has 1 aromatic rings. The molecular weight excluding hydrogens is 258 g/mol. The fraction of sp³-hybridized carbons (Fsp3) is 0.571. The van der Waals surface area contributed by atoms with Crippen molar-refractivity contribution < 1.29 is 9.66 Å². The molecule has 110 valence electrons. The van der Waals surface area contributed by atoms with Crippen molar-refractivity contribution in [3.05, 3.63) is 28.3 Å². The van der Waals surface area contributed by atoms with Crippen molar-refractivity contribution in [2.45, 2.75) is 20.0 Å². The van der Waals surface area contributed by atoms with Crippen molar-refractivity contribution in [2.75, 3.05) is 38.1 Å². The average molecular weight is 279 g/mol. The normalized spacial score (nSPS) is 16.5. The Hall–Kier alpha value is -1.82. The van der Waals surface area contributed by atoms with Crippen LogP contribution in [0.1, 0.15) is 13.8 Å². The topological polar surface area (TPSA) is 58.8 Å². The Morgan fingerprint density at radius 3 is 2.45 bits per heavy atom. The largest absolute Gasteiger partial charge is 0.484 e. The first-order valence-electron chi connectivity index (χ1n) is 6.86. The molecule has 0 radical (unpaired) electrons. The van der Waals surface area contributed by atoms with E-state index in [9.17, 15) is 10.1 Å². The standard InChI is InChI=1S/C14H21N3O3/c1-11(2)20-14-10-12(4-5-13(14)17(18)19)16-8-6-15(3)7-9-16/h4-5,10-11H,6-9H2,1-3H3. The van der Waals surface area contributed by atoms with Gasteiger partial charge in [-0.25, -0.2) is 0 Å². The van der Waals surface area contributed by atoms with Crippen LogP contribution in [0.25, 0.3) is 0 Å². The summed E-state index contributed by atoms with van der Waals surface area (Å²) >= 11 is 0. The molecule has 0 atom stereocenters. The van der Waals surface area contributed by atoms with Gasteiger partial charge in [-0.2, -0.15) is 0 Å². The van der Waals surface area contributed by atoms with E-state index in [0.717, 1.165) is 31.9 Å². The fourth-order valence-electron chi connectivity index (χ4n) is 2.26. The maximum Gasteiger partial charge on any atom is 0.311 e. The van der Waals surface area contributed by atoms with Crippen LogP contribution in [0.5, 0.6) is 5.75 Å². The summed E-state index contributed by atoms with van der Waals surface area (Å²) in [6, 6.07) is 5.12. The maximum absolute atomic E-state index is 11.0.